The summed E-state index contributed by atoms with van der Waals surface area (Å²) in [5.41, 5.74) is 0. The maximum absolute atomic E-state index is 12.7. The van der Waals surface area contributed by atoms with Crippen LogP contribution in [0.25, 0.3) is 0 Å². The fourth-order valence-electron chi connectivity index (χ4n) is 1.37. The molecule has 6 heteroatoms. The fraction of sp³-hybridized carbons (Fsp3) is 0.385. The molecule has 0 saturated heterocycles. The van der Waals surface area contributed by atoms with Crippen LogP contribution in [0.4, 0.5) is 4.39 Å². The third kappa shape index (κ3) is 5.85. The van der Waals surface area contributed by atoms with E-state index in [0.717, 1.165) is 0 Å². The molecular formula is C13H16FNO4. The SMILES string of the molecule is C[C@@H](Oc1ccc(F)cc1)C(=O)NCCCC(=O)O. The minimum atomic E-state index is -0.898. The normalized spacial score (nSPS) is 11.7. The maximum atomic E-state index is 12.7. The van der Waals surface area contributed by atoms with Crippen LogP contribution in [0.5, 0.6) is 5.75 Å². The lowest BCUT2D eigenvalue weighted by atomic mass is 10.3. The van der Waals surface area contributed by atoms with Crippen molar-refractivity contribution >= 4 is 11.9 Å². The van der Waals surface area contributed by atoms with E-state index in [-0.39, 0.29) is 24.7 Å². The van der Waals surface area contributed by atoms with Crippen LogP contribution in [0.15, 0.2) is 24.3 Å². The number of amides is 1. The molecule has 0 aromatic heterocycles. The number of nitrogens with one attached hydrogen (secondary N) is 1. The Morgan fingerprint density at radius 2 is 2.00 bits per heavy atom. The Morgan fingerprint density at radius 1 is 1.37 bits per heavy atom. The van der Waals surface area contributed by atoms with Crippen LogP contribution in [-0.2, 0) is 9.59 Å². The maximum Gasteiger partial charge on any atom is 0.303 e. The fourth-order valence-corrected chi connectivity index (χ4v) is 1.37. The second-order valence-electron chi connectivity index (χ2n) is 4.00. The first-order valence-electron chi connectivity index (χ1n) is 5.91. The number of hydrogen-bond donors (Lipinski definition) is 2. The number of carboxylic acids is 1. The molecule has 1 aromatic rings. The van der Waals surface area contributed by atoms with E-state index in [1.807, 2.05) is 0 Å². The molecule has 0 fully saturated rings. The molecule has 2 N–H and O–H groups in total. The van der Waals surface area contributed by atoms with E-state index in [2.05, 4.69) is 5.32 Å². The zero-order valence-corrected chi connectivity index (χ0v) is 10.6. The zero-order valence-electron chi connectivity index (χ0n) is 10.6. The minimum Gasteiger partial charge on any atom is -0.481 e. The van der Waals surface area contributed by atoms with E-state index in [1.54, 1.807) is 6.92 Å². The van der Waals surface area contributed by atoms with Gasteiger partial charge >= 0.3 is 5.97 Å². The van der Waals surface area contributed by atoms with Gasteiger partial charge in [0.05, 0.1) is 0 Å². The summed E-state index contributed by atoms with van der Waals surface area (Å²) < 4.78 is 18.0. The molecule has 0 aliphatic heterocycles. The highest BCUT2D eigenvalue weighted by Gasteiger charge is 2.14. The number of carbonyl (C=O) groups excluding carboxylic acids is 1. The molecule has 0 heterocycles. The van der Waals surface area contributed by atoms with E-state index < -0.39 is 12.1 Å². The Bertz CT molecular complexity index is 433. The first-order valence-corrected chi connectivity index (χ1v) is 5.91. The molecule has 1 amide bonds. The monoisotopic (exact) mass is 269 g/mol. The number of rotatable bonds is 7. The lowest BCUT2D eigenvalue weighted by molar-refractivity contribution is -0.137. The molecular weight excluding hydrogens is 253 g/mol. The average Bonchev–Trinajstić information content (AvgIpc) is 2.36. The van der Waals surface area contributed by atoms with Crippen molar-refractivity contribution in [2.75, 3.05) is 6.54 Å². The van der Waals surface area contributed by atoms with Crippen molar-refractivity contribution in [2.24, 2.45) is 0 Å². The molecule has 19 heavy (non-hydrogen) atoms. The molecule has 0 unspecified atom stereocenters. The second kappa shape index (κ2) is 7.35. The summed E-state index contributed by atoms with van der Waals surface area (Å²) in [6, 6.07) is 5.35. The van der Waals surface area contributed by atoms with Crippen molar-refractivity contribution in [1.29, 1.82) is 0 Å². The quantitative estimate of drug-likeness (QED) is 0.737. The number of aliphatic carboxylic acids is 1. The van der Waals surface area contributed by atoms with Gasteiger partial charge in [0.2, 0.25) is 0 Å². The predicted octanol–water partition coefficient (Wildman–Crippen LogP) is 1.57. The highest BCUT2D eigenvalue weighted by atomic mass is 19.1. The van der Waals surface area contributed by atoms with Crippen molar-refractivity contribution in [3.05, 3.63) is 30.1 Å². The Labute approximate surface area is 110 Å². The van der Waals surface area contributed by atoms with Gasteiger partial charge in [-0.3, -0.25) is 9.59 Å². The third-order valence-electron chi connectivity index (χ3n) is 2.36. The van der Waals surface area contributed by atoms with Crippen molar-refractivity contribution < 1.29 is 23.8 Å². The minimum absolute atomic E-state index is 0.00742. The molecule has 5 nitrogen and oxygen atoms in total. The lowest BCUT2D eigenvalue weighted by Gasteiger charge is -2.14. The molecule has 1 aromatic carbocycles. The van der Waals surface area contributed by atoms with E-state index in [9.17, 15) is 14.0 Å². The first-order chi connectivity index (χ1) is 8.99. The van der Waals surface area contributed by atoms with E-state index in [4.69, 9.17) is 9.84 Å². The van der Waals surface area contributed by atoms with Gasteiger partial charge in [0.25, 0.3) is 5.91 Å². The van der Waals surface area contributed by atoms with Gasteiger partial charge in [-0.05, 0) is 37.6 Å². The largest absolute Gasteiger partial charge is 0.481 e. The number of carbonyl (C=O) groups is 2. The summed E-state index contributed by atoms with van der Waals surface area (Å²) in [6.45, 7) is 1.85. The standard InChI is InChI=1S/C13H16FNO4/c1-9(13(18)15-8-2-3-12(16)17)19-11-6-4-10(14)5-7-11/h4-7,9H,2-3,8H2,1H3,(H,15,18)(H,16,17)/t9-/m1/s1. The van der Waals surface area contributed by atoms with E-state index >= 15 is 0 Å². The Hall–Kier alpha value is -2.11. The van der Waals surface area contributed by atoms with Gasteiger partial charge in [0.15, 0.2) is 6.10 Å². The van der Waals surface area contributed by atoms with E-state index in [1.165, 1.54) is 24.3 Å². The Balaban J connectivity index is 2.32. The van der Waals surface area contributed by atoms with Crippen molar-refractivity contribution in [3.63, 3.8) is 0 Å². The van der Waals surface area contributed by atoms with Gasteiger partial charge in [-0.2, -0.15) is 0 Å². The van der Waals surface area contributed by atoms with Gasteiger partial charge in [-0.25, -0.2) is 4.39 Å². The highest BCUT2D eigenvalue weighted by molar-refractivity contribution is 5.80. The topological polar surface area (TPSA) is 75.6 Å². The third-order valence-corrected chi connectivity index (χ3v) is 2.36. The number of benzene rings is 1. The summed E-state index contributed by atoms with van der Waals surface area (Å²) in [5, 5.41) is 11.0. The van der Waals surface area contributed by atoms with Gasteiger partial charge in [0.1, 0.15) is 11.6 Å². The molecule has 0 spiro atoms. The summed E-state index contributed by atoms with van der Waals surface area (Å²) >= 11 is 0. The van der Waals surface area contributed by atoms with Gasteiger partial charge < -0.3 is 15.2 Å². The predicted molar refractivity (Wildman–Crippen MR) is 66.4 cm³/mol. The molecule has 0 bridgehead atoms. The molecule has 0 aliphatic rings. The molecule has 0 aliphatic carbocycles. The lowest BCUT2D eigenvalue weighted by Crippen LogP contribution is -2.36. The number of halogens is 1. The highest BCUT2D eigenvalue weighted by Crippen LogP contribution is 2.12. The smallest absolute Gasteiger partial charge is 0.303 e. The van der Waals surface area contributed by atoms with Crippen LogP contribution in [0.1, 0.15) is 19.8 Å². The van der Waals surface area contributed by atoms with Crippen molar-refractivity contribution in [2.45, 2.75) is 25.9 Å². The zero-order chi connectivity index (χ0) is 14.3. The van der Waals surface area contributed by atoms with Crippen LogP contribution in [0.3, 0.4) is 0 Å². The number of carboxylic acid groups (broad SMARTS) is 1. The summed E-state index contributed by atoms with van der Waals surface area (Å²) in [6.07, 6.45) is -0.354. The molecule has 104 valence electrons. The van der Waals surface area contributed by atoms with Crippen LogP contribution < -0.4 is 10.1 Å². The first kappa shape index (κ1) is 14.9. The van der Waals surface area contributed by atoms with Crippen LogP contribution in [0, 0.1) is 5.82 Å². The van der Waals surface area contributed by atoms with Crippen LogP contribution in [0.2, 0.25) is 0 Å². The Morgan fingerprint density at radius 3 is 2.58 bits per heavy atom. The average molecular weight is 269 g/mol. The molecule has 1 atom stereocenters. The second-order valence-corrected chi connectivity index (χ2v) is 4.00. The van der Waals surface area contributed by atoms with Crippen molar-refractivity contribution in [3.8, 4) is 5.75 Å². The van der Waals surface area contributed by atoms with Gasteiger partial charge in [0, 0.05) is 13.0 Å². The summed E-state index contributed by atoms with van der Waals surface area (Å²) in [4.78, 5) is 21.9. The van der Waals surface area contributed by atoms with Crippen LogP contribution >= 0.6 is 0 Å². The number of hydrogen-bond acceptors (Lipinski definition) is 3. The Kier molecular flexibility index (Phi) is 5.78. The van der Waals surface area contributed by atoms with Gasteiger partial charge in [-0.1, -0.05) is 0 Å². The van der Waals surface area contributed by atoms with Crippen LogP contribution in [-0.4, -0.2) is 29.6 Å². The molecule has 0 radical (unpaired) electrons. The molecule has 1 rings (SSSR count). The van der Waals surface area contributed by atoms with E-state index in [0.29, 0.717) is 12.2 Å². The number of ether oxygens (including phenoxy) is 1. The molecule has 0 saturated carbocycles. The van der Waals surface area contributed by atoms with Crippen molar-refractivity contribution in [1.82, 2.24) is 5.32 Å². The van der Waals surface area contributed by atoms with Gasteiger partial charge in [-0.15, -0.1) is 0 Å². The summed E-state index contributed by atoms with van der Waals surface area (Å²) in [7, 11) is 0. The summed E-state index contributed by atoms with van der Waals surface area (Å²) in [5.74, 6) is -1.22.